The van der Waals surface area contributed by atoms with Gasteiger partial charge in [0, 0.05) is 20.1 Å². The number of likely N-dealkylation sites (tertiary alicyclic amines) is 1. The highest BCUT2D eigenvalue weighted by Crippen LogP contribution is 2.37. The standard InChI is InChI=1S/C29H30N4O4/c1-30(19-21-11-5-2-6-12-21)28(36)33-24-17-18-25(33)26(27(34)35)31(20-24)29(37)32(22-13-7-3-8-14-22)23-15-9-4-10-16-23/h2-16,24-26H,17-20H2,1H3,(H,34,35)/t24-,25+,26-/m0/s1. The van der Waals surface area contributed by atoms with Gasteiger partial charge in [-0.2, -0.15) is 0 Å². The van der Waals surface area contributed by atoms with E-state index in [9.17, 15) is 19.5 Å². The minimum Gasteiger partial charge on any atom is -0.480 e. The summed E-state index contributed by atoms with van der Waals surface area (Å²) in [5, 5.41) is 10.3. The quantitative estimate of drug-likeness (QED) is 0.548. The molecule has 5 rings (SSSR count). The summed E-state index contributed by atoms with van der Waals surface area (Å²) in [7, 11) is 1.73. The molecule has 0 spiro atoms. The number of para-hydroxylation sites is 2. The van der Waals surface area contributed by atoms with Gasteiger partial charge in [-0.1, -0.05) is 66.7 Å². The molecular formula is C29H30N4O4. The van der Waals surface area contributed by atoms with E-state index >= 15 is 0 Å². The Hall–Kier alpha value is -4.33. The summed E-state index contributed by atoms with van der Waals surface area (Å²) in [6, 6.07) is 25.5. The molecule has 4 amide bonds. The van der Waals surface area contributed by atoms with Gasteiger partial charge < -0.3 is 19.8 Å². The second-order valence-electron chi connectivity index (χ2n) is 9.55. The average Bonchev–Trinajstić information content (AvgIpc) is 3.22. The summed E-state index contributed by atoms with van der Waals surface area (Å²) >= 11 is 0. The maximum atomic E-state index is 14.1. The number of hydrogen-bond donors (Lipinski definition) is 1. The Bertz CT molecular complexity index is 1220. The van der Waals surface area contributed by atoms with Crippen molar-refractivity contribution in [2.45, 2.75) is 37.5 Å². The third-order valence-electron chi connectivity index (χ3n) is 7.18. The van der Waals surface area contributed by atoms with Crippen molar-refractivity contribution in [3.63, 3.8) is 0 Å². The summed E-state index contributed by atoms with van der Waals surface area (Å²) in [5.41, 5.74) is 2.29. The molecule has 8 nitrogen and oxygen atoms in total. The fourth-order valence-electron chi connectivity index (χ4n) is 5.52. The maximum absolute atomic E-state index is 14.1. The highest BCUT2D eigenvalue weighted by molar-refractivity contribution is 6.01. The topological polar surface area (TPSA) is 84.4 Å². The minimum absolute atomic E-state index is 0.160. The summed E-state index contributed by atoms with van der Waals surface area (Å²) in [6.45, 7) is 0.583. The molecule has 2 bridgehead atoms. The van der Waals surface area contributed by atoms with Crippen molar-refractivity contribution in [1.82, 2.24) is 14.7 Å². The van der Waals surface area contributed by atoms with E-state index in [2.05, 4.69) is 0 Å². The van der Waals surface area contributed by atoms with E-state index in [4.69, 9.17) is 0 Å². The van der Waals surface area contributed by atoms with Gasteiger partial charge in [0.2, 0.25) is 0 Å². The van der Waals surface area contributed by atoms with Gasteiger partial charge in [-0.05, 0) is 42.7 Å². The molecule has 3 aromatic carbocycles. The van der Waals surface area contributed by atoms with Crippen LogP contribution >= 0.6 is 0 Å². The lowest BCUT2D eigenvalue weighted by Gasteiger charge is -2.47. The van der Waals surface area contributed by atoms with Crippen LogP contribution in [0.3, 0.4) is 0 Å². The van der Waals surface area contributed by atoms with Gasteiger partial charge in [0.1, 0.15) is 0 Å². The number of carboxylic acids is 1. The van der Waals surface area contributed by atoms with E-state index in [0.29, 0.717) is 30.8 Å². The van der Waals surface area contributed by atoms with E-state index in [1.54, 1.807) is 21.7 Å². The van der Waals surface area contributed by atoms with Crippen molar-refractivity contribution in [1.29, 1.82) is 0 Å². The second kappa shape index (κ2) is 10.3. The first-order chi connectivity index (χ1) is 18.0. The average molecular weight is 499 g/mol. The van der Waals surface area contributed by atoms with Crippen LogP contribution in [0.5, 0.6) is 0 Å². The van der Waals surface area contributed by atoms with E-state index in [1.807, 2.05) is 91.0 Å². The molecule has 8 heteroatoms. The number of hydrogen-bond acceptors (Lipinski definition) is 3. The number of rotatable bonds is 5. The molecule has 2 saturated heterocycles. The van der Waals surface area contributed by atoms with E-state index in [0.717, 1.165) is 5.56 Å². The molecule has 3 atom stereocenters. The number of amides is 4. The lowest BCUT2D eigenvalue weighted by Crippen LogP contribution is -2.67. The van der Waals surface area contributed by atoms with Crippen molar-refractivity contribution in [2.24, 2.45) is 0 Å². The van der Waals surface area contributed by atoms with E-state index in [-0.39, 0.29) is 18.6 Å². The first-order valence-corrected chi connectivity index (χ1v) is 12.5. The SMILES string of the molecule is CN(Cc1ccccc1)C(=O)N1[C@H]2CC[C@@H]1[C@@H](C(=O)O)N(C(=O)N(c1ccccc1)c1ccccc1)C2. The fourth-order valence-corrected chi connectivity index (χ4v) is 5.52. The normalized spacial score (nSPS) is 20.4. The van der Waals surface area contributed by atoms with Gasteiger partial charge in [-0.3, -0.25) is 4.90 Å². The molecule has 190 valence electrons. The number of carboxylic acid groups (broad SMARTS) is 1. The van der Waals surface area contributed by atoms with Crippen LogP contribution in [-0.4, -0.2) is 69.6 Å². The first kappa shape index (κ1) is 24.4. The molecule has 0 radical (unpaired) electrons. The number of carbonyl (C=O) groups excluding carboxylic acids is 2. The van der Waals surface area contributed by atoms with Crippen LogP contribution in [0.25, 0.3) is 0 Å². The molecule has 1 N–H and O–H groups in total. The van der Waals surface area contributed by atoms with Crippen LogP contribution in [-0.2, 0) is 11.3 Å². The minimum atomic E-state index is -1.14. The van der Waals surface area contributed by atoms with Crippen molar-refractivity contribution < 1.29 is 19.5 Å². The van der Waals surface area contributed by atoms with Crippen LogP contribution in [0.1, 0.15) is 18.4 Å². The Morgan fingerprint density at radius 1 is 0.811 bits per heavy atom. The molecule has 2 aliphatic rings. The molecule has 37 heavy (non-hydrogen) atoms. The Morgan fingerprint density at radius 3 is 1.89 bits per heavy atom. The number of anilines is 2. The summed E-state index contributed by atoms with van der Waals surface area (Å²) in [4.78, 5) is 46.5. The van der Waals surface area contributed by atoms with Crippen LogP contribution in [0.15, 0.2) is 91.0 Å². The zero-order valence-electron chi connectivity index (χ0n) is 20.7. The Morgan fingerprint density at radius 2 is 1.35 bits per heavy atom. The van der Waals surface area contributed by atoms with Gasteiger partial charge >= 0.3 is 18.0 Å². The number of benzene rings is 3. The van der Waals surface area contributed by atoms with Crippen molar-refractivity contribution in [2.75, 3.05) is 18.5 Å². The molecule has 0 aromatic heterocycles. The molecule has 0 saturated carbocycles. The molecule has 2 heterocycles. The summed E-state index contributed by atoms with van der Waals surface area (Å²) in [6.07, 6.45) is 1.19. The number of fused-ring (bicyclic) bond motifs is 2. The predicted octanol–water partition coefficient (Wildman–Crippen LogP) is 4.80. The largest absolute Gasteiger partial charge is 0.480 e. The third kappa shape index (κ3) is 4.74. The molecular weight excluding hydrogens is 468 g/mol. The van der Waals surface area contributed by atoms with Crippen LogP contribution in [0.4, 0.5) is 21.0 Å². The van der Waals surface area contributed by atoms with Gasteiger partial charge in [-0.25, -0.2) is 14.4 Å². The predicted molar refractivity (Wildman–Crippen MR) is 141 cm³/mol. The first-order valence-electron chi connectivity index (χ1n) is 12.5. The monoisotopic (exact) mass is 498 g/mol. The number of nitrogens with zero attached hydrogens (tertiary/aromatic N) is 4. The lowest BCUT2D eigenvalue weighted by molar-refractivity contribution is -0.145. The highest BCUT2D eigenvalue weighted by atomic mass is 16.4. The third-order valence-corrected chi connectivity index (χ3v) is 7.18. The van der Waals surface area contributed by atoms with Gasteiger partial charge in [0.05, 0.1) is 23.5 Å². The van der Waals surface area contributed by atoms with E-state index in [1.165, 1.54) is 4.90 Å². The number of aliphatic carboxylic acids is 1. The maximum Gasteiger partial charge on any atom is 0.329 e. The number of urea groups is 2. The Kier molecular flexibility index (Phi) is 6.81. The van der Waals surface area contributed by atoms with E-state index < -0.39 is 24.1 Å². The summed E-state index contributed by atoms with van der Waals surface area (Å²) in [5.74, 6) is -1.11. The summed E-state index contributed by atoms with van der Waals surface area (Å²) < 4.78 is 0. The molecule has 3 aromatic rings. The lowest BCUT2D eigenvalue weighted by atomic mass is 10.0. The van der Waals surface area contributed by atoms with Crippen molar-refractivity contribution >= 4 is 29.4 Å². The molecule has 0 unspecified atom stereocenters. The van der Waals surface area contributed by atoms with Crippen LogP contribution in [0, 0.1) is 0 Å². The number of piperazine rings is 1. The van der Waals surface area contributed by atoms with Crippen LogP contribution in [0.2, 0.25) is 0 Å². The van der Waals surface area contributed by atoms with Crippen molar-refractivity contribution in [3.8, 4) is 0 Å². The van der Waals surface area contributed by atoms with Crippen LogP contribution < -0.4 is 4.90 Å². The van der Waals surface area contributed by atoms with Crippen molar-refractivity contribution in [3.05, 3.63) is 96.6 Å². The Balaban J connectivity index is 1.43. The van der Waals surface area contributed by atoms with Gasteiger partial charge in [0.15, 0.2) is 6.04 Å². The zero-order valence-corrected chi connectivity index (χ0v) is 20.7. The van der Waals surface area contributed by atoms with Gasteiger partial charge in [-0.15, -0.1) is 0 Å². The smallest absolute Gasteiger partial charge is 0.329 e. The highest BCUT2D eigenvalue weighted by Gasteiger charge is 2.54. The zero-order chi connectivity index (χ0) is 25.9. The Labute approximate surface area is 216 Å². The molecule has 2 aliphatic heterocycles. The molecule has 2 fully saturated rings. The van der Waals surface area contributed by atoms with Gasteiger partial charge in [0.25, 0.3) is 0 Å². The number of carbonyl (C=O) groups is 3. The molecule has 0 aliphatic carbocycles. The second-order valence-corrected chi connectivity index (χ2v) is 9.55. The fraction of sp³-hybridized carbons (Fsp3) is 0.276.